The zero-order valence-corrected chi connectivity index (χ0v) is 19.4. The highest BCUT2D eigenvalue weighted by Crippen LogP contribution is 2.26. The molecule has 34 heavy (non-hydrogen) atoms. The van der Waals surface area contributed by atoms with E-state index >= 15 is 0 Å². The Bertz CT molecular complexity index is 1420. The van der Waals surface area contributed by atoms with Crippen LogP contribution in [-0.4, -0.2) is 30.7 Å². The fourth-order valence-electron chi connectivity index (χ4n) is 4.40. The molecule has 2 heterocycles. The number of aromatic nitrogens is 1. The molecule has 1 aromatic heterocycles. The van der Waals surface area contributed by atoms with E-state index in [0.29, 0.717) is 34.4 Å². The summed E-state index contributed by atoms with van der Waals surface area (Å²) >= 11 is 0. The largest absolute Gasteiger partial charge is 0.493 e. The van der Waals surface area contributed by atoms with Gasteiger partial charge < -0.3 is 19.8 Å². The molecule has 1 aliphatic heterocycles. The number of ether oxygens (including phenoxy) is 2. The van der Waals surface area contributed by atoms with Crippen LogP contribution in [0.5, 0.6) is 5.75 Å². The number of hydrogen-bond acceptors (Lipinski definition) is 4. The Morgan fingerprint density at radius 1 is 1.06 bits per heavy atom. The average Bonchev–Trinajstić information content (AvgIpc) is 3.36. The summed E-state index contributed by atoms with van der Waals surface area (Å²) < 4.78 is 11.4. The summed E-state index contributed by atoms with van der Waals surface area (Å²) in [4.78, 5) is 29.3. The second-order valence-electron chi connectivity index (χ2n) is 9.41. The van der Waals surface area contributed by atoms with E-state index in [9.17, 15) is 9.59 Å². The third kappa shape index (κ3) is 4.41. The number of fused-ring (bicyclic) bond motifs is 2. The van der Waals surface area contributed by atoms with Gasteiger partial charge in [0.2, 0.25) is 0 Å². The lowest BCUT2D eigenvalue weighted by Gasteiger charge is -2.27. The number of hydrogen-bond donors (Lipinski definition) is 2. The van der Waals surface area contributed by atoms with E-state index in [0.717, 1.165) is 36.5 Å². The Morgan fingerprint density at radius 3 is 2.71 bits per heavy atom. The van der Waals surface area contributed by atoms with Gasteiger partial charge in [-0.2, -0.15) is 0 Å². The highest BCUT2D eigenvalue weighted by atomic mass is 16.5. The Balaban J connectivity index is 1.36. The topological polar surface area (TPSA) is 80.4 Å². The van der Waals surface area contributed by atoms with Gasteiger partial charge in [0.15, 0.2) is 5.43 Å². The standard InChI is InChI=1S/C28H28N2O4/c1-28(2,20-6-5-7-21(15-20)34-17-18-12-13-33-16-18)30-27(32)19-10-11-23-25(14-19)29-24-9-4-3-8-22(24)26(23)31/h3-11,14-15,18H,12-13,16-17H2,1-2H3,(H,29,31)(H,30,32). The van der Waals surface area contributed by atoms with E-state index in [1.54, 1.807) is 24.3 Å². The van der Waals surface area contributed by atoms with Crippen molar-refractivity contribution in [2.75, 3.05) is 19.8 Å². The predicted molar refractivity (Wildman–Crippen MR) is 133 cm³/mol. The number of H-pyrrole nitrogens is 1. The second kappa shape index (κ2) is 8.95. The summed E-state index contributed by atoms with van der Waals surface area (Å²) in [6.07, 6.45) is 1.02. The molecule has 0 saturated carbocycles. The van der Waals surface area contributed by atoms with Crippen LogP contribution in [0.2, 0.25) is 0 Å². The summed E-state index contributed by atoms with van der Waals surface area (Å²) in [6.45, 7) is 6.09. The van der Waals surface area contributed by atoms with Gasteiger partial charge >= 0.3 is 0 Å². The predicted octanol–water partition coefficient (Wildman–Crippen LogP) is 4.76. The minimum Gasteiger partial charge on any atom is -0.493 e. The molecule has 1 unspecified atom stereocenters. The monoisotopic (exact) mass is 456 g/mol. The molecular weight excluding hydrogens is 428 g/mol. The summed E-state index contributed by atoms with van der Waals surface area (Å²) in [5, 5.41) is 4.32. The maximum atomic E-state index is 13.2. The van der Waals surface area contributed by atoms with Crippen molar-refractivity contribution in [3.8, 4) is 5.75 Å². The van der Waals surface area contributed by atoms with Gasteiger partial charge in [0.05, 0.1) is 24.3 Å². The first kappa shape index (κ1) is 22.2. The van der Waals surface area contributed by atoms with Crippen molar-refractivity contribution in [2.45, 2.75) is 25.8 Å². The second-order valence-corrected chi connectivity index (χ2v) is 9.41. The third-order valence-electron chi connectivity index (χ3n) is 6.46. The fraction of sp³-hybridized carbons (Fsp3) is 0.286. The zero-order valence-electron chi connectivity index (χ0n) is 19.4. The minimum absolute atomic E-state index is 0.0439. The number of amides is 1. The number of aromatic amines is 1. The van der Waals surface area contributed by atoms with Crippen LogP contribution in [0.4, 0.5) is 0 Å². The molecule has 4 aromatic rings. The Labute approximate surface area is 197 Å². The van der Waals surface area contributed by atoms with Crippen LogP contribution in [0.25, 0.3) is 21.8 Å². The number of benzene rings is 3. The van der Waals surface area contributed by atoms with E-state index in [-0.39, 0.29) is 11.3 Å². The lowest BCUT2D eigenvalue weighted by Crippen LogP contribution is -2.41. The molecule has 0 bridgehead atoms. The van der Waals surface area contributed by atoms with Crippen LogP contribution in [0.1, 0.15) is 36.2 Å². The van der Waals surface area contributed by atoms with Crippen LogP contribution >= 0.6 is 0 Å². The van der Waals surface area contributed by atoms with Crippen LogP contribution in [0.3, 0.4) is 0 Å². The molecular formula is C28H28N2O4. The molecule has 0 spiro atoms. The first-order chi connectivity index (χ1) is 16.4. The van der Waals surface area contributed by atoms with E-state index in [1.807, 2.05) is 56.3 Å². The molecule has 1 aliphatic rings. The van der Waals surface area contributed by atoms with Gasteiger partial charge in [0, 0.05) is 34.4 Å². The van der Waals surface area contributed by atoms with Crippen LogP contribution in [0.15, 0.2) is 71.5 Å². The molecule has 0 radical (unpaired) electrons. The average molecular weight is 457 g/mol. The summed E-state index contributed by atoms with van der Waals surface area (Å²) in [7, 11) is 0. The van der Waals surface area contributed by atoms with Crippen LogP contribution < -0.4 is 15.5 Å². The Morgan fingerprint density at radius 2 is 1.88 bits per heavy atom. The highest BCUT2D eigenvalue weighted by molar-refractivity contribution is 6.00. The van der Waals surface area contributed by atoms with Crippen molar-refractivity contribution in [1.29, 1.82) is 0 Å². The van der Waals surface area contributed by atoms with E-state index in [1.165, 1.54) is 0 Å². The molecule has 0 aliphatic carbocycles. The molecule has 1 atom stereocenters. The molecule has 1 amide bonds. The van der Waals surface area contributed by atoms with Crippen molar-refractivity contribution in [2.24, 2.45) is 5.92 Å². The number of rotatable bonds is 6. The summed E-state index contributed by atoms with van der Waals surface area (Å²) in [5.41, 5.74) is 2.15. The molecule has 6 nitrogen and oxygen atoms in total. The SMILES string of the molecule is CC(C)(NC(=O)c1ccc2c(=O)c3ccccc3[nH]c2c1)c1cccc(OCC2CCOC2)c1. The van der Waals surface area contributed by atoms with E-state index in [2.05, 4.69) is 10.3 Å². The lowest BCUT2D eigenvalue weighted by molar-refractivity contribution is 0.0912. The Kier molecular flexibility index (Phi) is 5.84. The zero-order chi connectivity index (χ0) is 23.7. The van der Waals surface area contributed by atoms with Crippen molar-refractivity contribution < 1.29 is 14.3 Å². The van der Waals surface area contributed by atoms with E-state index in [4.69, 9.17) is 9.47 Å². The van der Waals surface area contributed by atoms with Gasteiger partial charge in [-0.3, -0.25) is 9.59 Å². The molecule has 2 N–H and O–H groups in total. The number of pyridine rings is 1. The molecule has 6 heteroatoms. The minimum atomic E-state index is -0.626. The van der Waals surface area contributed by atoms with Gasteiger partial charge in [0.25, 0.3) is 5.91 Å². The lowest BCUT2D eigenvalue weighted by atomic mass is 9.93. The number of para-hydroxylation sites is 1. The number of carbonyl (C=O) groups is 1. The molecule has 5 rings (SSSR count). The van der Waals surface area contributed by atoms with Crippen molar-refractivity contribution in [1.82, 2.24) is 10.3 Å². The van der Waals surface area contributed by atoms with Crippen LogP contribution in [-0.2, 0) is 10.3 Å². The van der Waals surface area contributed by atoms with Gasteiger partial charge in [0.1, 0.15) is 5.75 Å². The smallest absolute Gasteiger partial charge is 0.252 e. The molecule has 1 fully saturated rings. The molecule has 174 valence electrons. The first-order valence-electron chi connectivity index (χ1n) is 11.6. The van der Waals surface area contributed by atoms with Gasteiger partial charge in [-0.05, 0) is 68.3 Å². The maximum absolute atomic E-state index is 13.2. The van der Waals surface area contributed by atoms with Crippen LogP contribution in [0, 0.1) is 5.92 Å². The Hall–Kier alpha value is -3.64. The first-order valence-corrected chi connectivity index (χ1v) is 11.6. The molecule has 3 aromatic carbocycles. The van der Waals surface area contributed by atoms with Crippen molar-refractivity contribution in [3.63, 3.8) is 0 Å². The van der Waals surface area contributed by atoms with Gasteiger partial charge in [-0.1, -0.05) is 24.3 Å². The number of carbonyl (C=O) groups excluding carboxylic acids is 1. The van der Waals surface area contributed by atoms with Gasteiger partial charge in [-0.15, -0.1) is 0 Å². The normalized spacial score (nSPS) is 16.1. The van der Waals surface area contributed by atoms with Crippen molar-refractivity contribution >= 4 is 27.7 Å². The summed E-state index contributed by atoms with van der Waals surface area (Å²) in [5.74, 6) is 0.991. The quantitative estimate of drug-likeness (QED) is 0.410. The van der Waals surface area contributed by atoms with Gasteiger partial charge in [-0.25, -0.2) is 0 Å². The van der Waals surface area contributed by atoms with Crippen molar-refractivity contribution in [3.05, 3.63) is 88.1 Å². The van der Waals surface area contributed by atoms with E-state index < -0.39 is 5.54 Å². The molecule has 1 saturated heterocycles. The summed E-state index contributed by atoms with van der Waals surface area (Å²) in [6, 6.07) is 20.4. The highest BCUT2D eigenvalue weighted by Gasteiger charge is 2.25. The third-order valence-corrected chi connectivity index (χ3v) is 6.46. The maximum Gasteiger partial charge on any atom is 0.252 e. The number of nitrogens with one attached hydrogen (secondary N) is 2. The fourth-order valence-corrected chi connectivity index (χ4v) is 4.40.